The third kappa shape index (κ3) is 1.64. The van der Waals surface area contributed by atoms with E-state index in [1.54, 1.807) is 0 Å². The molecule has 110 valence electrons. The summed E-state index contributed by atoms with van der Waals surface area (Å²) in [4.78, 5) is 0. The van der Waals surface area contributed by atoms with E-state index in [2.05, 4.69) is 52.0 Å². The predicted octanol–water partition coefficient (Wildman–Crippen LogP) is 5.85. The molecule has 0 radical (unpaired) electrons. The van der Waals surface area contributed by atoms with Crippen molar-refractivity contribution >= 4 is 17.0 Å². The average molecular weight is 280 g/mol. The Bertz CT molecular complexity index is 747. The summed E-state index contributed by atoms with van der Waals surface area (Å²) in [7, 11) is 0. The van der Waals surface area contributed by atoms with Gasteiger partial charge in [0, 0.05) is 10.8 Å². The highest BCUT2D eigenvalue weighted by molar-refractivity contribution is 5.87. The molecule has 0 bridgehead atoms. The first-order chi connectivity index (χ1) is 9.93. The maximum Gasteiger partial charge on any atom is 0.134 e. The number of allylic oxidation sites excluding steroid dienone is 1. The molecule has 0 spiro atoms. The van der Waals surface area contributed by atoms with Crippen LogP contribution in [0.5, 0.6) is 0 Å². The zero-order valence-electron chi connectivity index (χ0n) is 13.5. The van der Waals surface area contributed by atoms with Crippen LogP contribution in [-0.4, -0.2) is 0 Å². The van der Waals surface area contributed by atoms with Crippen LogP contribution in [0.3, 0.4) is 0 Å². The summed E-state index contributed by atoms with van der Waals surface area (Å²) in [6.45, 7) is 9.57. The van der Waals surface area contributed by atoms with E-state index in [9.17, 15) is 0 Å². The normalized spacial score (nSPS) is 30.2. The molecule has 2 atom stereocenters. The lowest BCUT2D eigenvalue weighted by Crippen LogP contribution is -2.45. The Kier molecular flexibility index (Phi) is 2.53. The van der Waals surface area contributed by atoms with Gasteiger partial charge in [-0.1, -0.05) is 39.3 Å². The van der Waals surface area contributed by atoms with Gasteiger partial charge in [-0.15, -0.1) is 0 Å². The van der Waals surface area contributed by atoms with Crippen molar-refractivity contribution in [1.82, 2.24) is 0 Å². The van der Waals surface area contributed by atoms with Gasteiger partial charge in [-0.2, -0.15) is 0 Å². The van der Waals surface area contributed by atoms with Crippen LogP contribution >= 0.6 is 0 Å². The number of aryl methyl sites for hydroxylation is 1. The van der Waals surface area contributed by atoms with Crippen molar-refractivity contribution < 1.29 is 4.42 Å². The van der Waals surface area contributed by atoms with Crippen molar-refractivity contribution in [3.63, 3.8) is 0 Å². The van der Waals surface area contributed by atoms with Crippen LogP contribution < -0.4 is 0 Å². The summed E-state index contributed by atoms with van der Waals surface area (Å²) in [6, 6.07) is 4.41. The summed E-state index contributed by atoms with van der Waals surface area (Å²) in [5, 5.41) is 1.26. The highest BCUT2D eigenvalue weighted by atomic mass is 16.3. The Morgan fingerprint density at radius 3 is 2.81 bits per heavy atom. The van der Waals surface area contributed by atoms with E-state index in [0.717, 1.165) is 5.58 Å². The van der Waals surface area contributed by atoms with Crippen LogP contribution in [0.2, 0.25) is 0 Å². The third-order valence-corrected chi connectivity index (χ3v) is 6.18. The molecule has 0 amide bonds. The maximum absolute atomic E-state index is 5.72. The Morgan fingerprint density at radius 2 is 2.00 bits per heavy atom. The quantitative estimate of drug-likeness (QED) is 0.589. The van der Waals surface area contributed by atoms with Crippen LogP contribution in [0.25, 0.3) is 17.0 Å². The maximum atomic E-state index is 5.72. The van der Waals surface area contributed by atoms with Gasteiger partial charge < -0.3 is 4.42 Å². The second-order valence-corrected chi connectivity index (χ2v) is 7.89. The minimum absolute atomic E-state index is 0.248. The zero-order chi connectivity index (χ0) is 14.8. The molecular weight excluding hydrogens is 256 g/mol. The summed E-state index contributed by atoms with van der Waals surface area (Å²) in [6.07, 6.45) is 10.6. The number of fused-ring (bicyclic) bond motifs is 4. The molecule has 1 heterocycles. The summed E-state index contributed by atoms with van der Waals surface area (Å²) in [5.74, 6) is 0.623. The number of furan rings is 1. The molecule has 1 aromatic carbocycles. The first-order valence-electron chi connectivity index (χ1n) is 8.13. The fourth-order valence-corrected chi connectivity index (χ4v) is 5.04. The van der Waals surface area contributed by atoms with Gasteiger partial charge in [0.1, 0.15) is 5.58 Å². The molecule has 0 aliphatic heterocycles. The van der Waals surface area contributed by atoms with Gasteiger partial charge in [-0.05, 0) is 59.9 Å². The fraction of sp³-hybridized carbons (Fsp3) is 0.500. The van der Waals surface area contributed by atoms with E-state index in [1.807, 2.05) is 6.26 Å². The highest BCUT2D eigenvalue weighted by Crippen LogP contribution is 2.56. The van der Waals surface area contributed by atoms with Crippen molar-refractivity contribution in [2.24, 2.45) is 11.3 Å². The molecule has 0 saturated heterocycles. The predicted molar refractivity (Wildman–Crippen MR) is 88.5 cm³/mol. The van der Waals surface area contributed by atoms with Crippen LogP contribution in [0.1, 0.15) is 56.7 Å². The second kappa shape index (κ2) is 4.03. The lowest BCUT2D eigenvalue weighted by Gasteiger charge is -2.52. The van der Waals surface area contributed by atoms with E-state index in [-0.39, 0.29) is 5.41 Å². The van der Waals surface area contributed by atoms with Gasteiger partial charge in [-0.3, -0.25) is 0 Å². The largest absolute Gasteiger partial charge is 0.464 e. The molecule has 21 heavy (non-hydrogen) atoms. The molecule has 1 heteroatoms. The Labute approximate surface area is 127 Å². The Morgan fingerprint density at radius 1 is 1.19 bits per heavy atom. The molecule has 2 aliphatic rings. The summed E-state index contributed by atoms with van der Waals surface area (Å²) in [5.41, 5.74) is 5.98. The van der Waals surface area contributed by atoms with Gasteiger partial charge in [0.2, 0.25) is 0 Å². The molecule has 0 unspecified atom stereocenters. The molecule has 2 aliphatic carbocycles. The molecule has 1 aromatic heterocycles. The zero-order valence-corrected chi connectivity index (χ0v) is 13.5. The Balaban J connectivity index is 2.01. The first-order valence-corrected chi connectivity index (χ1v) is 8.13. The van der Waals surface area contributed by atoms with Gasteiger partial charge in [-0.25, -0.2) is 0 Å². The average Bonchev–Trinajstić information content (AvgIpc) is 2.87. The van der Waals surface area contributed by atoms with Crippen LogP contribution in [0.15, 0.2) is 28.9 Å². The van der Waals surface area contributed by atoms with E-state index < -0.39 is 0 Å². The number of hydrogen-bond acceptors (Lipinski definition) is 1. The van der Waals surface area contributed by atoms with E-state index >= 15 is 0 Å². The lowest BCUT2D eigenvalue weighted by atomic mass is 9.52. The van der Waals surface area contributed by atoms with Crippen molar-refractivity contribution in [3.05, 3.63) is 41.2 Å². The Hall–Kier alpha value is -1.50. The molecule has 1 saturated carbocycles. The number of rotatable bonds is 0. The highest BCUT2D eigenvalue weighted by Gasteiger charge is 2.48. The van der Waals surface area contributed by atoms with E-state index in [1.165, 1.54) is 41.3 Å². The van der Waals surface area contributed by atoms with Crippen molar-refractivity contribution in [2.45, 2.75) is 52.4 Å². The van der Waals surface area contributed by atoms with Gasteiger partial charge >= 0.3 is 0 Å². The van der Waals surface area contributed by atoms with Crippen LogP contribution in [0.4, 0.5) is 0 Å². The number of benzene rings is 1. The third-order valence-electron chi connectivity index (χ3n) is 6.18. The van der Waals surface area contributed by atoms with Gasteiger partial charge in [0.25, 0.3) is 0 Å². The van der Waals surface area contributed by atoms with E-state index in [0.29, 0.717) is 11.3 Å². The first kappa shape index (κ1) is 13.2. The molecule has 1 fully saturated rings. The SMILES string of the molecule is Cc1c2c(cc3occc13)[C@@]1(C)CCCC(C)(C)[C@@H]1C=C2. The molecule has 4 rings (SSSR count). The molecular formula is C20H24O. The van der Waals surface area contributed by atoms with Crippen molar-refractivity contribution in [1.29, 1.82) is 0 Å². The van der Waals surface area contributed by atoms with Crippen molar-refractivity contribution in [2.75, 3.05) is 0 Å². The fourth-order valence-electron chi connectivity index (χ4n) is 5.04. The monoisotopic (exact) mass is 280 g/mol. The lowest BCUT2D eigenvalue weighted by molar-refractivity contribution is 0.0909. The molecule has 1 nitrogen and oxygen atoms in total. The standard InChI is InChI=1S/C20H24O/c1-13-14-6-7-18-19(2,3)9-5-10-20(18,4)16(14)12-17-15(13)8-11-21-17/h6-8,11-12,18H,5,9-10H2,1-4H3/t18-,20+/m0/s1. The van der Waals surface area contributed by atoms with Crippen molar-refractivity contribution in [3.8, 4) is 0 Å². The van der Waals surface area contributed by atoms with Gasteiger partial charge in [0.15, 0.2) is 0 Å². The minimum Gasteiger partial charge on any atom is -0.464 e. The van der Waals surface area contributed by atoms with Crippen LogP contribution in [-0.2, 0) is 5.41 Å². The molecule has 2 aromatic rings. The van der Waals surface area contributed by atoms with Crippen LogP contribution in [0, 0.1) is 18.3 Å². The smallest absolute Gasteiger partial charge is 0.134 e. The number of hydrogen-bond donors (Lipinski definition) is 0. The van der Waals surface area contributed by atoms with E-state index in [4.69, 9.17) is 4.42 Å². The topological polar surface area (TPSA) is 13.1 Å². The minimum atomic E-state index is 0.248. The van der Waals surface area contributed by atoms with Gasteiger partial charge in [0.05, 0.1) is 6.26 Å². The second-order valence-electron chi connectivity index (χ2n) is 7.89. The summed E-state index contributed by atoms with van der Waals surface area (Å²) >= 11 is 0. The molecule has 0 N–H and O–H groups in total. The summed E-state index contributed by atoms with van der Waals surface area (Å²) < 4.78 is 5.72.